The van der Waals surface area contributed by atoms with Crippen LogP contribution in [0.15, 0.2) is 11.9 Å². The molecule has 0 saturated carbocycles. The molecule has 0 bridgehead atoms. The van der Waals surface area contributed by atoms with Gasteiger partial charge in [-0.3, -0.25) is 0 Å². The molecule has 5 nitrogen and oxygen atoms in total. The molecule has 0 aromatic carbocycles. The minimum absolute atomic E-state index is 0.0787. The lowest BCUT2D eigenvalue weighted by Crippen LogP contribution is -2.24. The second kappa shape index (κ2) is 1.79. The average molecular weight is 113 g/mol. The number of hydrogen-bond acceptors (Lipinski definition) is 4. The maximum atomic E-state index is 9.80. The molecule has 0 fully saturated rings. The van der Waals surface area contributed by atoms with Gasteiger partial charge in [-0.05, 0) is 4.92 Å². The van der Waals surface area contributed by atoms with Crippen LogP contribution in [0, 0.1) is 16.7 Å². The summed E-state index contributed by atoms with van der Waals surface area (Å²) in [7, 11) is 0. The first kappa shape index (κ1) is 5.04. The van der Waals surface area contributed by atoms with Gasteiger partial charge in [-0.1, -0.05) is 0 Å². The van der Waals surface area contributed by atoms with Crippen molar-refractivity contribution in [3.63, 3.8) is 0 Å². The fraction of sp³-hybridized carbons (Fsp3) is 0. The van der Waals surface area contributed by atoms with Crippen LogP contribution >= 0.6 is 0 Å². The summed E-state index contributed by atoms with van der Waals surface area (Å²) in [5.41, 5.74) is 4.58. The van der Waals surface area contributed by atoms with E-state index in [0.29, 0.717) is 0 Å². The highest BCUT2D eigenvalue weighted by Gasteiger charge is 2.12. The van der Waals surface area contributed by atoms with E-state index in [4.69, 9.17) is 0 Å². The molecular formula is C3H3N3O2. The largest absolute Gasteiger partial charge is 0.358 e. The van der Waals surface area contributed by atoms with Gasteiger partial charge in [0.1, 0.15) is 6.54 Å². The van der Waals surface area contributed by atoms with Crippen LogP contribution in [-0.2, 0) is 0 Å². The van der Waals surface area contributed by atoms with E-state index in [1.165, 1.54) is 6.08 Å². The maximum Gasteiger partial charge on any atom is 0.332 e. The van der Waals surface area contributed by atoms with Gasteiger partial charge < -0.3 is 10.1 Å². The molecule has 1 aliphatic rings. The molecule has 5 heteroatoms. The first-order valence-electron chi connectivity index (χ1n) is 1.92. The van der Waals surface area contributed by atoms with Crippen LogP contribution in [0.3, 0.4) is 0 Å². The SMILES string of the molecule is O=[N+]([O-])C1=C[C]NN1. The van der Waals surface area contributed by atoms with Gasteiger partial charge in [0, 0.05) is 6.08 Å². The monoisotopic (exact) mass is 113 g/mol. The minimum atomic E-state index is -0.535. The van der Waals surface area contributed by atoms with Gasteiger partial charge in [-0.2, -0.15) is 5.43 Å². The maximum absolute atomic E-state index is 9.80. The lowest BCUT2D eigenvalue weighted by atomic mass is 10.6. The summed E-state index contributed by atoms with van der Waals surface area (Å²) in [6.45, 7) is 2.39. The van der Waals surface area contributed by atoms with Crippen LogP contribution in [0.25, 0.3) is 0 Å². The van der Waals surface area contributed by atoms with Gasteiger partial charge in [-0.25, -0.2) is 0 Å². The molecule has 0 amide bonds. The molecular weight excluding hydrogens is 110 g/mol. The van der Waals surface area contributed by atoms with Crippen molar-refractivity contribution in [1.29, 1.82) is 0 Å². The summed E-state index contributed by atoms with van der Waals surface area (Å²) in [6.07, 6.45) is 1.22. The summed E-state index contributed by atoms with van der Waals surface area (Å²) >= 11 is 0. The predicted octanol–water partition coefficient (Wildman–Crippen LogP) is -0.749. The Kier molecular flexibility index (Phi) is 1.13. The van der Waals surface area contributed by atoms with Crippen molar-refractivity contribution in [2.75, 3.05) is 0 Å². The van der Waals surface area contributed by atoms with Crippen molar-refractivity contribution in [1.82, 2.24) is 10.9 Å². The highest BCUT2D eigenvalue weighted by Crippen LogP contribution is 1.94. The van der Waals surface area contributed by atoms with Gasteiger partial charge in [0.15, 0.2) is 0 Å². The van der Waals surface area contributed by atoms with Gasteiger partial charge >= 0.3 is 5.82 Å². The summed E-state index contributed by atoms with van der Waals surface area (Å²) in [5, 5.41) is 9.80. The standard InChI is InChI=1S/C3H3N3O2/c7-6(8)3-1-2-4-5-3/h1,4-5H. The third-order valence-corrected chi connectivity index (χ3v) is 0.668. The van der Waals surface area contributed by atoms with E-state index in [2.05, 4.69) is 17.4 Å². The number of nitrogens with one attached hydrogen (secondary N) is 2. The Morgan fingerprint density at radius 1 is 1.88 bits per heavy atom. The molecule has 0 saturated heterocycles. The topological polar surface area (TPSA) is 67.2 Å². The molecule has 1 rings (SSSR count). The molecule has 2 N–H and O–H groups in total. The van der Waals surface area contributed by atoms with Crippen LogP contribution in [-0.4, -0.2) is 4.92 Å². The summed E-state index contributed by atoms with van der Waals surface area (Å²) in [5.74, 6) is -0.0787. The van der Waals surface area contributed by atoms with E-state index in [9.17, 15) is 10.1 Å². The normalized spacial score (nSPS) is 17.2. The Labute approximate surface area is 45.5 Å². The molecule has 1 heterocycles. The van der Waals surface area contributed by atoms with Crippen molar-refractivity contribution in [2.45, 2.75) is 0 Å². The Balaban J connectivity index is 2.57. The third kappa shape index (κ3) is 0.760. The Hall–Kier alpha value is -1.10. The van der Waals surface area contributed by atoms with E-state index in [1.807, 2.05) is 0 Å². The predicted molar refractivity (Wildman–Crippen MR) is 24.6 cm³/mol. The molecule has 0 aliphatic carbocycles. The van der Waals surface area contributed by atoms with E-state index in [0.717, 1.165) is 0 Å². The van der Waals surface area contributed by atoms with Crippen molar-refractivity contribution in [3.05, 3.63) is 28.6 Å². The van der Waals surface area contributed by atoms with Crippen LogP contribution < -0.4 is 10.9 Å². The number of rotatable bonds is 1. The van der Waals surface area contributed by atoms with Crippen molar-refractivity contribution in [3.8, 4) is 0 Å². The van der Waals surface area contributed by atoms with Crippen molar-refractivity contribution in [2.24, 2.45) is 0 Å². The fourth-order valence-electron chi connectivity index (χ4n) is 0.339. The summed E-state index contributed by atoms with van der Waals surface area (Å²) in [4.78, 5) is 9.26. The first-order valence-corrected chi connectivity index (χ1v) is 1.92. The van der Waals surface area contributed by atoms with Gasteiger partial charge in [-0.15, -0.1) is 5.43 Å². The van der Waals surface area contributed by atoms with E-state index < -0.39 is 4.92 Å². The van der Waals surface area contributed by atoms with Gasteiger partial charge in [0.25, 0.3) is 0 Å². The van der Waals surface area contributed by atoms with Crippen LogP contribution in [0.2, 0.25) is 0 Å². The third-order valence-electron chi connectivity index (χ3n) is 0.668. The van der Waals surface area contributed by atoms with Crippen molar-refractivity contribution < 1.29 is 4.92 Å². The van der Waals surface area contributed by atoms with Crippen LogP contribution in [0.5, 0.6) is 0 Å². The molecule has 0 atom stereocenters. The summed E-state index contributed by atoms with van der Waals surface area (Å²) < 4.78 is 0. The number of hydrazine groups is 1. The van der Waals surface area contributed by atoms with E-state index >= 15 is 0 Å². The molecule has 0 aromatic rings. The lowest BCUT2D eigenvalue weighted by molar-refractivity contribution is -0.431. The number of nitro groups is 1. The number of hydrogen-bond donors (Lipinski definition) is 2. The smallest absolute Gasteiger partial charge is 0.332 e. The highest BCUT2D eigenvalue weighted by molar-refractivity contribution is 5.02. The van der Waals surface area contributed by atoms with E-state index in [1.54, 1.807) is 0 Å². The van der Waals surface area contributed by atoms with Gasteiger partial charge in [0.05, 0.1) is 0 Å². The zero-order chi connectivity index (χ0) is 5.98. The lowest BCUT2D eigenvalue weighted by Gasteiger charge is -1.91. The molecule has 42 valence electrons. The first-order chi connectivity index (χ1) is 3.80. The number of nitrogens with zero attached hydrogens (tertiary/aromatic N) is 1. The van der Waals surface area contributed by atoms with Crippen LogP contribution in [0.4, 0.5) is 0 Å². The Morgan fingerprint density at radius 2 is 2.62 bits per heavy atom. The summed E-state index contributed by atoms with van der Waals surface area (Å²) in [6, 6.07) is 0. The molecule has 0 unspecified atom stereocenters. The minimum Gasteiger partial charge on any atom is -0.358 e. The Bertz CT molecular complexity index is 141. The molecule has 1 aliphatic heterocycles. The molecule has 2 radical (unpaired) electrons. The fourth-order valence-corrected chi connectivity index (χ4v) is 0.339. The second-order valence-corrected chi connectivity index (χ2v) is 1.18. The molecule has 8 heavy (non-hydrogen) atoms. The van der Waals surface area contributed by atoms with E-state index in [-0.39, 0.29) is 5.82 Å². The van der Waals surface area contributed by atoms with Gasteiger partial charge in [0.2, 0.25) is 0 Å². The Morgan fingerprint density at radius 3 is 2.88 bits per heavy atom. The molecule has 0 aromatic heterocycles. The van der Waals surface area contributed by atoms with Crippen LogP contribution in [0.1, 0.15) is 0 Å². The average Bonchev–Trinajstić information content (AvgIpc) is 2.12. The van der Waals surface area contributed by atoms with Crippen molar-refractivity contribution >= 4 is 0 Å². The second-order valence-electron chi connectivity index (χ2n) is 1.18. The quantitative estimate of drug-likeness (QED) is 0.347. The zero-order valence-corrected chi connectivity index (χ0v) is 3.84. The highest BCUT2D eigenvalue weighted by atomic mass is 16.6. The molecule has 0 spiro atoms. The zero-order valence-electron chi connectivity index (χ0n) is 3.84.